The summed E-state index contributed by atoms with van der Waals surface area (Å²) in [5.41, 5.74) is -3.29. The molecule has 0 aromatic heterocycles. The smallest absolute Gasteiger partial charge is 0.351 e. The summed E-state index contributed by atoms with van der Waals surface area (Å²) in [6.45, 7) is -0.151. The van der Waals surface area contributed by atoms with Gasteiger partial charge < -0.3 is 5.32 Å². The minimum atomic E-state index is -5.20. The normalized spacial score (nSPS) is 18.1. The summed E-state index contributed by atoms with van der Waals surface area (Å²) in [4.78, 5) is 17.7. The second-order valence-electron chi connectivity index (χ2n) is 8.81. The molecule has 1 amide bonds. The van der Waals surface area contributed by atoms with Crippen LogP contribution in [0.15, 0.2) is 60.7 Å². The van der Waals surface area contributed by atoms with E-state index in [-0.39, 0.29) is 29.1 Å². The zero-order valence-electron chi connectivity index (χ0n) is 19.9. The molecule has 3 aromatic carbocycles. The highest BCUT2D eigenvalue weighted by molar-refractivity contribution is 7.90. The van der Waals surface area contributed by atoms with Crippen molar-refractivity contribution in [1.29, 1.82) is 0 Å². The number of hydroxylamine groups is 1. The number of sulfone groups is 1. The Balaban J connectivity index is 1.80. The van der Waals surface area contributed by atoms with Crippen LogP contribution in [0.5, 0.6) is 0 Å². The van der Waals surface area contributed by atoms with Crippen molar-refractivity contribution in [2.75, 3.05) is 18.6 Å². The standard InChI is InChI=1S/C25H19ClF6N2O4S/c1-39(36,37)9-8-33-22(35)20-7-6-19(17-4-2-3-5-18(17)20)21-13-23(38-34-21,25(30,31)32)14-10-15(24(27,28)29)12-16(26)11-14/h2-7,10-13,34H,8-9H2,1H3,(H,33,35). The Morgan fingerprint density at radius 1 is 1.03 bits per heavy atom. The molecule has 4 rings (SSSR count). The molecular formula is C25H19ClF6N2O4S. The monoisotopic (exact) mass is 592 g/mol. The van der Waals surface area contributed by atoms with E-state index < -0.39 is 49.8 Å². The van der Waals surface area contributed by atoms with Gasteiger partial charge in [0.1, 0.15) is 9.84 Å². The predicted octanol–water partition coefficient (Wildman–Crippen LogP) is 5.62. The molecule has 14 heteroatoms. The number of carbonyl (C=O) groups excluding carboxylic acids is 1. The van der Waals surface area contributed by atoms with E-state index in [2.05, 4.69) is 10.8 Å². The molecular weight excluding hydrogens is 574 g/mol. The van der Waals surface area contributed by atoms with Gasteiger partial charge in [0.25, 0.3) is 5.91 Å². The Bertz CT molecular complexity index is 1590. The largest absolute Gasteiger partial charge is 0.428 e. The van der Waals surface area contributed by atoms with Gasteiger partial charge >= 0.3 is 12.4 Å². The van der Waals surface area contributed by atoms with Gasteiger partial charge in [-0.15, -0.1) is 0 Å². The van der Waals surface area contributed by atoms with Gasteiger partial charge in [0, 0.05) is 34.5 Å². The molecule has 39 heavy (non-hydrogen) atoms. The quantitative estimate of drug-likeness (QED) is 0.363. The van der Waals surface area contributed by atoms with Crippen molar-refractivity contribution >= 4 is 43.8 Å². The van der Waals surface area contributed by atoms with Crippen LogP contribution in [0.1, 0.15) is 27.0 Å². The summed E-state index contributed by atoms with van der Waals surface area (Å²) in [5.74, 6) is -0.892. The second-order valence-corrected chi connectivity index (χ2v) is 11.5. The number of alkyl halides is 6. The van der Waals surface area contributed by atoms with Gasteiger partial charge in [-0.3, -0.25) is 15.1 Å². The van der Waals surface area contributed by atoms with Crippen LogP contribution >= 0.6 is 11.6 Å². The van der Waals surface area contributed by atoms with E-state index in [1.54, 1.807) is 18.2 Å². The molecule has 208 valence electrons. The number of hydrogen-bond acceptors (Lipinski definition) is 5. The first-order valence-electron chi connectivity index (χ1n) is 11.1. The van der Waals surface area contributed by atoms with Crippen LogP contribution in [-0.2, 0) is 26.5 Å². The Morgan fingerprint density at radius 2 is 1.69 bits per heavy atom. The maximum absolute atomic E-state index is 14.4. The molecule has 1 atom stereocenters. The van der Waals surface area contributed by atoms with E-state index in [1.807, 2.05) is 0 Å². The van der Waals surface area contributed by atoms with E-state index in [1.165, 1.54) is 18.2 Å². The molecule has 1 heterocycles. The molecule has 0 saturated heterocycles. The van der Waals surface area contributed by atoms with Gasteiger partial charge in [-0.1, -0.05) is 41.9 Å². The van der Waals surface area contributed by atoms with Crippen LogP contribution in [0.4, 0.5) is 26.3 Å². The fourth-order valence-corrected chi connectivity index (χ4v) is 4.83. The van der Waals surface area contributed by atoms with Gasteiger partial charge in [0.15, 0.2) is 0 Å². The first-order valence-corrected chi connectivity index (χ1v) is 13.6. The molecule has 2 N–H and O–H groups in total. The van der Waals surface area contributed by atoms with Crippen molar-refractivity contribution in [2.45, 2.75) is 18.0 Å². The third-order valence-electron chi connectivity index (χ3n) is 5.96. The summed E-state index contributed by atoms with van der Waals surface area (Å²) < 4.78 is 106. The van der Waals surface area contributed by atoms with E-state index >= 15 is 0 Å². The van der Waals surface area contributed by atoms with Crippen molar-refractivity contribution < 1.29 is 44.4 Å². The molecule has 1 unspecified atom stereocenters. The Hall–Kier alpha value is -3.29. The van der Waals surface area contributed by atoms with E-state index in [9.17, 15) is 39.6 Å². The van der Waals surface area contributed by atoms with Gasteiger partial charge in [0.05, 0.1) is 17.0 Å². The number of nitrogens with one attached hydrogen (secondary N) is 2. The Labute approximate surface area is 223 Å². The highest BCUT2D eigenvalue weighted by Crippen LogP contribution is 2.49. The topological polar surface area (TPSA) is 84.5 Å². The molecule has 0 fully saturated rings. The molecule has 0 aliphatic carbocycles. The number of fused-ring (bicyclic) bond motifs is 1. The van der Waals surface area contributed by atoms with Crippen molar-refractivity contribution in [1.82, 2.24) is 10.8 Å². The van der Waals surface area contributed by atoms with Gasteiger partial charge in [0.2, 0.25) is 5.60 Å². The maximum atomic E-state index is 14.4. The van der Waals surface area contributed by atoms with E-state index in [0.717, 1.165) is 12.3 Å². The van der Waals surface area contributed by atoms with Gasteiger partial charge in [-0.25, -0.2) is 8.42 Å². The highest BCUT2D eigenvalue weighted by atomic mass is 35.5. The van der Waals surface area contributed by atoms with Crippen molar-refractivity contribution in [2.24, 2.45) is 0 Å². The first-order chi connectivity index (χ1) is 18.0. The number of benzene rings is 3. The summed E-state index contributed by atoms with van der Waals surface area (Å²) in [6.07, 6.45) is -8.53. The molecule has 0 radical (unpaired) electrons. The summed E-state index contributed by atoms with van der Waals surface area (Å²) in [7, 11) is -3.33. The Morgan fingerprint density at radius 3 is 2.31 bits per heavy atom. The van der Waals surface area contributed by atoms with Crippen LogP contribution in [0.25, 0.3) is 16.5 Å². The minimum absolute atomic E-state index is 0.133. The lowest BCUT2D eigenvalue weighted by Gasteiger charge is -2.29. The van der Waals surface area contributed by atoms with Crippen LogP contribution in [0, 0.1) is 0 Å². The van der Waals surface area contributed by atoms with Crippen LogP contribution < -0.4 is 10.8 Å². The fourth-order valence-electron chi connectivity index (χ4n) is 4.12. The lowest BCUT2D eigenvalue weighted by Crippen LogP contribution is -2.42. The molecule has 0 saturated carbocycles. The third-order valence-corrected chi connectivity index (χ3v) is 7.13. The zero-order chi connectivity index (χ0) is 28.8. The van der Waals surface area contributed by atoms with Gasteiger partial charge in [-0.2, -0.15) is 26.3 Å². The summed E-state index contributed by atoms with van der Waals surface area (Å²) in [6, 6.07) is 10.5. The van der Waals surface area contributed by atoms with Crippen LogP contribution in [0.2, 0.25) is 5.02 Å². The number of amides is 1. The molecule has 0 spiro atoms. The summed E-state index contributed by atoms with van der Waals surface area (Å²) in [5, 5.41) is 2.59. The van der Waals surface area contributed by atoms with Crippen LogP contribution in [-0.4, -0.2) is 39.1 Å². The average Bonchev–Trinajstić information content (AvgIpc) is 3.28. The molecule has 6 nitrogen and oxygen atoms in total. The number of rotatable bonds is 6. The van der Waals surface area contributed by atoms with Gasteiger partial charge in [-0.05, 0) is 41.1 Å². The number of hydrogen-bond donors (Lipinski definition) is 2. The lowest BCUT2D eigenvalue weighted by atomic mass is 9.89. The number of halogens is 7. The summed E-state index contributed by atoms with van der Waals surface area (Å²) >= 11 is 5.75. The molecule has 1 aliphatic heterocycles. The fraction of sp³-hybridized carbons (Fsp3) is 0.240. The third kappa shape index (κ3) is 5.85. The molecule has 1 aliphatic rings. The SMILES string of the molecule is CS(=O)(=O)CCNC(=O)c1ccc(C2=CC(c3cc(Cl)cc(C(F)(F)F)c3)(C(F)(F)F)ON2)c2ccccc12. The van der Waals surface area contributed by atoms with Crippen molar-refractivity contribution in [3.63, 3.8) is 0 Å². The highest BCUT2D eigenvalue weighted by Gasteiger charge is 2.60. The van der Waals surface area contributed by atoms with Crippen molar-refractivity contribution in [3.8, 4) is 0 Å². The second kappa shape index (κ2) is 10.0. The molecule has 0 bridgehead atoms. The zero-order valence-corrected chi connectivity index (χ0v) is 21.4. The van der Waals surface area contributed by atoms with Crippen LogP contribution in [0.3, 0.4) is 0 Å². The first kappa shape index (κ1) is 28.7. The molecule has 3 aromatic rings. The number of carbonyl (C=O) groups is 1. The lowest BCUT2D eigenvalue weighted by molar-refractivity contribution is -0.269. The van der Waals surface area contributed by atoms with E-state index in [4.69, 9.17) is 16.4 Å². The maximum Gasteiger partial charge on any atom is 0.428 e. The Kier molecular flexibility index (Phi) is 7.38. The predicted molar refractivity (Wildman–Crippen MR) is 132 cm³/mol. The minimum Gasteiger partial charge on any atom is -0.351 e. The van der Waals surface area contributed by atoms with E-state index in [0.29, 0.717) is 29.0 Å². The average molecular weight is 593 g/mol. The van der Waals surface area contributed by atoms with Crippen molar-refractivity contribution in [3.05, 3.63) is 87.9 Å².